The van der Waals surface area contributed by atoms with E-state index in [2.05, 4.69) is 4.90 Å². The van der Waals surface area contributed by atoms with E-state index in [0.29, 0.717) is 12.0 Å². The van der Waals surface area contributed by atoms with Crippen LogP contribution in [0.25, 0.3) is 0 Å². The number of rotatable bonds is 5. The highest BCUT2D eigenvalue weighted by Gasteiger charge is 2.33. The van der Waals surface area contributed by atoms with Crippen LogP contribution in [0.5, 0.6) is 0 Å². The number of hydrogen-bond acceptors (Lipinski definition) is 2. The van der Waals surface area contributed by atoms with Crippen molar-refractivity contribution < 1.29 is 13.9 Å². The molecule has 94 valence electrons. The molecule has 0 amide bonds. The number of nitrogens with zero attached hydrogens (tertiary/aromatic N) is 1. The Morgan fingerprint density at radius 2 is 2.06 bits per heavy atom. The molecule has 17 heavy (non-hydrogen) atoms. The highest BCUT2D eigenvalue weighted by Crippen LogP contribution is 2.31. The first-order valence-electron chi connectivity index (χ1n) is 5.93. The molecule has 1 aliphatic heterocycles. The summed E-state index contributed by atoms with van der Waals surface area (Å²) < 4.78 is 25.4. The number of alkyl halides is 1. The van der Waals surface area contributed by atoms with Crippen LogP contribution >= 0.6 is 0 Å². The fraction of sp³-hybridized carbons (Fsp3) is 0.538. The maximum Gasteiger partial charge on any atom is 0.129 e. The molecular weight excluding hydrogens is 224 g/mol. The molecule has 1 aromatic rings. The van der Waals surface area contributed by atoms with Gasteiger partial charge in [0.25, 0.3) is 0 Å². The van der Waals surface area contributed by atoms with Gasteiger partial charge in [-0.25, -0.2) is 4.39 Å². The van der Waals surface area contributed by atoms with E-state index in [9.17, 15) is 13.9 Å². The second kappa shape index (κ2) is 5.56. The predicted molar refractivity (Wildman–Crippen MR) is 61.9 cm³/mol. The van der Waals surface area contributed by atoms with Gasteiger partial charge in [-0.15, -0.1) is 0 Å². The quantitative estimate of drug-likeness (QED) is 0.853. The largest absolute Gasteiger partial charge is 0.388 e. The Morgan fingerprint density at radius 3 is 2.71 bits per heavy atom. The minimum Gasteiger partial charge on any atom is -0.388 e. The fourth-order valence-electron chi connectivity index (χ4n) is 2.24. The lowest BCUT2D eigenvalue weighted by Crippen LogP contribution is -2.49. The molecule has 1 heterocycles. The zero-order valence-electron chi connectivity index (χ0n) is 9.65. The molecule has 0 bridgehead atoms. The van der Waals surface area contributed by atoms with Crippen LogP contribution in [0, 0.1) is 11.7 Å². The maximum atomic E-state index is 13.4. The van der Waals surface area contributed by atoms with Gasteiger partial charge >= 0.3 is 0 Å². The minimum atomic E-state index is -0.752. The Balaban J connectivity index is 1.87. The van der Waals surface area contributed by atoms with Crippen LogP contribution in [-0.2, 0) is 0 Å². The molecule has 0 spiro atoms. The summed E-state index contributed by atoms with van der Waals surface area (Å²) in [5, 5.41) is 10.0. The summed E-state index contributed by atoms with van der Waals surface area (Å²) in [6, 6.07) is 6.31. The van der Waals surface area contributed by atoms with E-state index < -0.39 is 6.10 Å². The first kappa shape index (κ1) is 12.5. The number of halogens is 2. The highest BCUT2D eigenvalue weighted by molar-refractivity contribution is 5.21. The minimum absolute atomic E-state index is 0.0616. The molecule has 0 aromatic heterocycles. The van der Waals surface area contributed by atoms with Crippen LogP contribution in [0.15, 0.2) is 24.3 Å². The molecule has 0 unspecified atom stereocenters. The lowest BCUT2D eigenvalue weighted by molar-refractivity contribution is -0.00767. The third-order valence-corrected chi connectivity index (χ3v) is 3.26. The van der Waals surface area contributed by atoms with Crippen molar-refractivity contribution in [3.63, 3.8) is 0 Å². The van der Waals surface area contributed by atoms with Crippen molar-refractivity contribution in [2.75, 3.05) is 26.3 Å². The van der Waals surface area contributed by atoms with Gasteiger partial charge in [0.05, 0.1) is 12.8 Å². The molecule has 0 radical (unpaired) electrons. The summed E-state index contributed by atoms with van der Waals surface area (Å²) in [6.45, 7) is 1.85. The van der Waals surface area contributed by atoms with Gasteiger partial charge in [0.15, 0.2) is 0 Å². The summed E-state index contributed by atoms with van der Waals surface area (Å²) in [4.78, 5) is 2.08. The van der Waals surface area contributed by atoms with E-state index in [1.54, 1.807) is 18.2 Å². The standard InChI is InChI=1S/C13H17F2NO/c14-6-3-7-16-8-10(9-16)13(17)11-4-1-2-5-12(11)15/h1-2,4-5,10,13,17H,3,6-9H2/t13-/m1/s1. The van der Waals surface area contributed by atoms with Gasteiger partial charge in [0, 0.05) is 31.1 Å². The van der Waals surface area contributed by atoms with Crippen molar-refractivity contribution in [2.24, 2.45) is 5.92 Å². The average Bonchev–Trinajstić information content (AvgIpc) is 2.27. The SMILES string of the molecule is O[C@@H](c1ccccc1F)C1CN(CCCF)C1. The van der Waals surface area contributed by atoms with Gasteiger partial charge in [0.1, 0.15) is 5.82 Å². The first-order valence-corrected chi connectivity index (χ1v) is 5.93. The van der Waals surface area contributed by atoms with Crippen molar-refractivity contribution in [2.45, 2.75) is 12.5 Å². The molecule has 1 atom stereocenters. The average molecular weight is 241 g/mol. The zero-order valence-corrected chi connectivity index (χ0v) is 9.65. The number of benzene rings is 1. The Kier molecular flexibility index (Phi) is 4.07. The van der Waals surface area contributed by atoms with E-state index in [1.165, 1.54) is 6.07 Å². The lowest BCUT2D eigenvalue weighted by atomic mass is 9.89. The summed E-state index contributed by atoms with van der Waals surface area (Å²) in [7, 11) is 0. The van der Waals surface area contributed by atoms with Crippen molar-refractivity contribution in [1.29, 1.82) is 0 Å². The van der Waals surface area contributed by atoms with Crippen molar-refractivity contribution in [3.05, 3.63) is 35.6 Å². The van der Waals surface area contributed by atoms with Crippen LogP contribution in [-0.4, -0.2) is 36.3 Å². The third-order valence-electron chi connectivity index (χ3n) is 3.26. The maximum absolute atomic E-state index is 13.4. The zero-order chi connectivity index (χ0) is 12.3. The smallest absolute Gasteiger partial charge is 0.129 e. The lowest BCUT2D eigenvalue weighted by Gasteiger charge is -2.41. The number of likely N-dealkylation sites (tertiary alicyclic amines) is 1. The second-order valence-electron chi connectivity index (χ2n) is 4.53. The van der Waals surface area contributed by atoms with Crippen molar-refractivity contribution in [3.8, 4) is 0 Å². The van der Waals surface area contributed by atoms with E-state index in [0.717, 1.165) is 19.6 Å². The number of aliphatic hydroxyl groups is 1. The van der Waals surface area contributed by atoms with Crippen molar-refractivity contribution >= 4 is 0 Å². The summed E-state index contributed by atoms with van der Waals surface area (Å²) in [5.41, 5.74) is 0.364. The Bertz CT molecular complexity index is 366. The van der Waals surface area contributed by atoms with Gasteiger partial charge < -0.3 is 10.0 Å². The topological polar surface area (TPSA) is 23.5 Å². The molecule has 0 saturated carbocycles. The van der Waals surface area contributed by atoms with E-state index in [4.69, 9.17) is 0 Å². The molecule has 1 fully saturated rings. The number of hydrogen-bond donors (Lipinski definition) is 1. The predicted octanol–water partition coefficient (Wildman–Crippen LogP) is 2.15. The van der Waals surface area contributed by atoms with Crippen LogP contribution in [0.2, 0.25) is 0 Å². The Labute approximate surface area is 99.9 Å². The Morgan fingerprint density at radius 1 is 1.35 bits per heavy atom. The van der Waals surface area contributed by atoms with E-state index >= 15 is 0 Å². The Hall–Kier alpha value is -1.00. The second-order valence-corrected chi connectivity index (χ2v) is 4.53. The molecular formula is C13H17F2NO. The van der Waals surface area contributed by atoms with Gasteiger partial charge in [-0.1, -0.05) is 18.2 Å². The first-order chi connectivity index (χ1) is 8.22. The van der Waals surface area contributed by atoms with Crippen LogP contribution < -0.4 is 0 Å². The highest BCUT2D eigenvalue weighted by atomic mass is 19.1. The molecule has 1 saturated heterocycles. The van der Waals surface area contributed by atoms with Crippen LogP contribution in [0.1, 0.15) is 18.1 Å². The molecule has 1 N–H and O–H groups in total. The summed E-state index contributed by atoms with van der Waals surface area (Å²) in [6.07, 6.45) is -0.222. The van der Waals surface area contributed by atoms with Gasteiger partial charge in [-0.05, 0) is 12.5 Å². The molecule has 0 aliphatic carbocycles. The van der Waals surface area contributed by atoms with Gasteiger partial charge in [-0.3, -0.25) is 4.39 Å². The number of aliphatic hydroxyl groups excluding tert-OH is 1. The molecule has 2 nitrogen and oxygen atoms in total. The molecule has 1 aromatic carbocycles. The summed E-state index contributed by atoms with van der Waals surface area (Å²) in [5.74, 6) is -0.297. The van der Waals surface area contributed by atoms with Crippen molar-refractivity contribution in [1.82, 2.24) is 4.90 Å². The monoisotopic (exact) mass is 241 g/mol. The van der Waals surface area contributed by atoms with Crippen LogP contribution in [0.3, 0.4) is 0 Å². The molecule has 2 rings (SSSR count). The van der Waals surface area contributed by atoms with E-state index in [-0.39, 0.29) is 18.4 Å². The van der Waals surface area contributed by atoms with Crippen LogP contribution in [0.4, 0.5) is 8.78 Å². The molecule has 4 heteroatoms. The summed E-state index contributed by atoms with van der Waals surface area (Å²) >= 11 is 0. The third kappa shape index (κ3) is 2.82. The van der Waals surface area contributed by atoms with E-state index in [1.807, 2.05) is 0 Å². The fourth-order valence-corrected chi connectivity index (χ4v) is 2.24. The normalized spacial score (nSPS) is 19.0. The van der Waals surface area contributed by atoms with Gasteiger partial charge in [-0.2, -0.15) is 0 Å². The molecule has 1 aliphatic rings. The van der Waals surface area contributed by atoms with Gasteiger partial charge in [0.2, 0.25) is 0 Å².